The number of aromatic nitrogens is 2. The van der Waals surface area contributed by atoms with E-state index < -0.39 is 0 Å². The van der Waals surface area contributed by atoms with Gasteiger partial charge in [0.2, 0.25) is 0 Å². The van der Waals surface area contributed by atoms with Gasteiger partial charge in [-0.2, -0.15) is 5.10 Å². The maximum Gasteiger partial charge on any atom is 0.319 e. The van der Waals surface area contributed by atoms with Crippen LogP contribution in [0.5, 0.6) is 0 Å². The molecule has 2 heterocycles. The summed E-state index contributed by atoms with van der Waals surface area (Å²) in [5, 5.41) is 10.7. The van der Waals surface area contributed by atoms with Gasteiger partial charge in [0.05, 0.1) is 28.9 Å². The number of hydrogen-bond donors (Lipinski definition) is 2. The van der Waals surface area contributed by atoms with E-state index in [1.807, 2.05) is 48.9 Å². The van der Waals surface area contributed by atoms with Crippen molar-refractivity contribution in [1.29, 1.82) is 0 Å². The number of carbonyl (C=O) groups excluding carboxylic acids is 1. The molecule has 2 N–H and O–H groups in total. The number of hydrogen-bond acceptors (Lipinski definition) is 3. The molecular weight excluding hydrogens is 340 g/mol. The smallest absolute Gasteiger partial charge is 0.319 e. The van der Waals surface area contributed by atoms with Crippen LogP contribution in [0.15, 0.2) is 30.3 Å². The second-order valence-corrected chi connectivity index (χ2v) is 7.74. The topological polar surface area (TPSA) is 68.2 Å². The van der Waals surface area contributed by atoms with Gasteiger partial charge in [-0.15, -0.1) is 0 Å². The predicted octanol–water partition coefficient (Wildman–Crippen LogP) is 4.20. The summed E-state index contributed by atoms with van der Waals surface area (Å²) in [5.74, 6) is 0.594. The molecule has 0 spiro atoms. The van der Waals surface area contributed by atoms with Gasteiger partial charge in [0.15, 0.2) is 0 Å². The van der Waals surface area contributed by atoms with Gasteiger partial charge in [0.1, 0.15) is 0 Å². The largest absolute Gasteiger partial charge is 0.378 e. The Morgan fingerprint density at radius 1 is 1.30 bits per heavy atom. The Hall–Kier alpha value is -2.34. The lowest BCUT2D eigenvalue weighted by Crippen LogP contribution is -2.44. The summed E-state index contributed by atoms with van der Waals surface area (Å²) in [6.07, 6.45) is 2.98. The number of nitrogens with zero attached hydrogens (tertiary/aromatic N) is 2. The van der Waals surface area contributed by atoms with Gasteiger partial charge in [0, 0.05) is 12.6 Å². The van der Waals surface area contributed by atoms with Gasteiger partial charge < -0.3 is 15.4 Å². The minimum Gasteiger partial charge on any atom is -0.378 e. The van der Waals surface area contributed by atoms with Crippen LogP contribution in [0.25, 0.3) is 5.69 Å². The molecule has 1 aromatic heterocycles. The van der Waals surface area contributed by atoms with Crippen LogP contribution in [0, 0.1) is 19.8 Å². The molecule has 0 aliphatic carbocycles. The fourth-order valence-electron chi connectivity index (χ4n) is 3.68. The zero-order valence-corrected chi connectivity index (χ0v) is 16.7. The maximum absolute atomic E-state index is 12.6. The minimum atomic E-state index is -0.177. The lowest BCUT2D eigenvalue weighted by atomic mass is 9.96. The molecule has 0 radical (unpaired) electrons. The first-order valence-electron chi connectivity index (χ1n) is 9.74. The van der Waals surface area contributed by atoms with Gasteiger partial charge in [-0.05, 0) is 51.2 Å². The molecule has 1 aliphatic rings. The van der Waals surface area contributed by atoms with Gasteiger partial charge in [-0.1, -0.05) is 32.0 Å². The molecule has 1 aromatic carbocycles. The highest BCUT2D eigenvalue weighted by Gasteiger charge is 2.25. The molecule has 2 amide bonds. The number of benzene rings is 1. The summed E-state index contributed by atoms with van der Waals surface area (Å²) in [5.41, 5.74) is 3.46. The van der Waals surface area contributed by atoms with Crippen molar-refractivity contribution in [1.82, 2.24) is 15.1 Å². The number of nitrogens with one attached hydrogen (secondary N) is 2. The third-order valence-corrected chi connectivity index (χ3v) is 4.97. The Morgan fingerprint density at radius 2 is 2.04 bits per heavy atom. The van der Waals surface area contributed by atoms with Crippen LogP contribution < -0.4 is 10.6 Å². The lowest BCUT2D eigenvalue weighted by molar-refractivity contribution is -0.00717. The molecule has 2 aromatic rings. The van der Waals surface area contributed by atoms with Crippen molar-refractivity contribution in [3.05, 3.63) is 41.7 Å². The second-order valence-electron chi connectivity index (χ2n) is 7.74. The number of carbonyl (C=O) groups is 1. The standard InChI is InChI=1S/C21H30N4O2/c1-14(2)12-19-13-17(10-11-27-19)22-21(26)23-20-15(3)24-25(16(20)4)18-8-6-5-7-9-18/h5-9,14,17,19H,10-13H2,1-4H3,(H2,22,23,26)/t17-,19+/m0/s1. The Labute approximate surface area is 161 Å². The molecule has 1 saturated heterocycles. The van der Waals surface area contributed by atoms with Crippen molar-refractivity contribution in [2.45, 2.75) is 59.1 Å². The SMILES string of the molecule is Cc1nn(-c2ccccc2)c(C)c1NC(=O)N[C@H]1CCO[C@H](CC(C)C)C1. The zero-order chi connectivity index (χ0) is 19.4. The molecule has 6 nitrogen and oxygen atoms in total. The van der Waals surface area contributed by atoms with E-state index >= 15 is 0 Å². The van der Waals surface area contributed by atoms with Crippen molar-refractivity contribution in [2.75, 3.05) is 11.9 Å². The molecular formula is C21H30N4O2. The summed E-state index contributed by atoms with van der Waals surface area (Å²) < 4.78 is 7.68. The van der Waals surface area contributed by atoms with Crippen LogP contribution >= 0.6 is 0 Å². The molecule has 27 heavy (non-hydrogen) atoms. The van der Waals surface area contributed by atoms with E-state index in [4.69, 9.17) is 4.74 Å². The number of amides is 2. The summed E-state index contributed by atoms with van der Waals surface area (Å²) in [6, 6.07) is 9.90. The molecule has 2 atom stereocenters. The van der Waals surface area contributed by atoms with Gasteiger partial charge >= 0.3 is 6.03 Å². The van der Waals surface area contributed by atoms with E-state index in [-0.39, 0.29) is 18.2 Å². The van der Waals surface area contributed by atoms with Crippen LogP contribution in [0.4, 0.5) is 10.5 Å². The van der Waals surface area contributed by atoms with E-state index in [1.54, 1.807) is 0 Å². The zero-order valence-electron chi connectivity index (χ0n) is 16.7. The lowest BCUT2D eigenvalue weighted by Gasteiger charge is -2.31. The number of para-hydroxylation sites is 1. The van der Waals surface area contributed by atoms with E-state index in [1.165, 1.54) is 0 Å². The van der Waals surface area contributed by atoms with E-state index in [0.29, 0.717) is 12.5 Å². The predicted molar refractivity (Wildman–Crippen MR) is 107 cm³/mol. The minimum absolute atomic E-state index is 0.146. The van der Waals surface area contributed by atoms with Crippen molar-refractivity contribution in [3.8, 4) is 5.69 Å². The third kappa shape index (κ3) is 4.89. The molecule has 1 aliphatic heterocycles. The summed E-state index contributed by atoms with van der Waals surface area (Å²) >= 11 is 0. The van der Waals surface area contributed by atoms with E-state index in [9.17, 15) is 4.79 Å². The fourth-order valence-corrected chi connectivity index (χ4v) is 3.68. The quantitative estimate of drug-likeness (QED) is 0.829. The average Bonchev–Trinajstić information content (AvgIpc) is 2.90. The van der Waals surface area contributed by atoms with E-state index in [0.717, 1.165) is 42.0 Å². The van der Waals surface area contributed by atoms with Crippen molar-refractivity contribution in [2.24, 2.45) is 5.92 Å². The Kier molecular flexibility index (Phi) is 6.16. The van der Waals surface area contributed by atoms with Crippen molar-refractivity contribution < 1.29 is 9.53 Å². The molecule has 1 fully saturated rings. The molecule has 0 unspecified atom stereocenters. The van der Waals surface area contributed by atoms with Gasteiger partial charge in [0.25, 0.3) is 0 Å². The maximum atomic E-state index is 12.6. The normalized spacial score (nSPS) is 19.9. The first-order chi connectivity index (χ1) is 12.9. The summed E-state index contributed by atoms with van der Waals surface area (Å²) in [6.45, 7) is 8.98. The van der Waals surface area contributed by atoms with Crippen LogP contribution in [0.3, 0.4) is 0 Å². The van der Waals surface area contributed by atoms with Crippen LogP contribution in [-0.2, 0) is 4.74 Å². The third-order valence-electron chi connectivity index (χ3n) is 4.97. The highest BCUT2D eigenvalue weighted by atomic mass is 16.5. The Morgan fingerprint density at radius 3 is 2.74 bits per heavy atom. The number of aryl methyl sites for hydroxylation is 1. The average molecular weight is 370 g/mol. The molecule has 0 bridgehead atoms. The molecule has 0 saturated carbocycles. The fraction of sp³-hybridized carbons (Fsp3) is 0.524. The Balaban J connectivity index is 1.64. The Bertz CT molecular complexity index is 770. The molecule has 6 heteroatoms. The highest BCUT2D eigenvalue weighted by Crippen LogP contribution is 2.23. The number of ether oxygens (including phenoxy) is 1. The van der Waals surface area contributed by atoms with Crippen LogP contribution in [-0.4, -0.2) is 34.6 Å². The highest BCUT2D eigenvalue weighted by molar-refractivity contribution is 5.90. The molecule has 146 valence electrons. The van der Waals surface area contributed by atoms with Crippen LogP contribution in [0.2, 0.25) is 0 Å². The molecule has 3 rings (SSSR count). The van der Waals surface area contributed by atoms with Crippen molar-refractivity contribution >= 4 is 11.7 Å². The van der Waals surface area contributed by atoms with Gasteiger partial charge in [-0.3, -0.25) is 0 Å². The van der Waals surface area contributed by atoms with E-state index in [2.05, 4.69) is 29.6 Å². The number of urea groups is 1. The number of anilines is 1. The number of rotatable bonds is 5. The second kappa shape index (κ2) is 8.57. The van der Waals surface area contributed by atoms with Crippen LogP contribution in [0.1, 0.15) is 44.5 Å². The summed E-state index contributed by atoms with van der Waals surface area (Å²) in [4.78, 5) is 12.6. The monoisotopic (exact) mass is 370 g/mol. The van der Waals surface area contributed by atoms with Gasteiger partial charge in [-0.25, -0.2) is 9.48 Å². The first kappa shape index (κ1) is 19.4. The first-order valence-corrected chi connectivity index (χ1v) is 9.74. The summed E-state index contributed by atoms with van der Waals surface area (Å²) in [7, 11) is 0. The van der Waals surface area contributed by atoms with Crippen molar-refractivity contribution in [3.63, 3.8) is 0 Å².